The lowest BCUT2D eigenvalue weighted by Gasteiger charge is -2.11. The van der Waals surface area contributed by atoms with Crippen LogP contribution in [0.1, 0.15) is 10.4 Å². The molecule has 1 amide bonds. The minimum Gasteiger partial charge on any atom is -0.507 e. The molecular formula is C15H9N3O5. The van der Waals surface area contributed by atoms with Gasteiger partial charge in [-0.25, -0.2) is 5.53 Å². The first kappa shape index (κ1) is 14.4. The second-order valence-electron chi connectivity index (χ2n) is 4.80. The summed E-state index contributed by atoms with van der Waals surface area (Å²) < 4.78 is 0. The van der Waals surface area contributed by atoms with Gasteiger partial charge in [-0.2, -0.15) is 0 Å². The van der Waals surface area contributed by atoms with Crippen molar-refractivity contribution in [1.29, 1.82) is 5.53 Å². The maximum Gasteiger partial charge on any atom is 0.295 e. The molecule has 3 aromatic carbocycles. The molecule has 0 unspecified atom stereocenters. The first-order chi connectivity index (χ1) is 11.0. The molecule has 0 fully saturated rings. The van der Waals surface area contributed by atoms with E-state index in [1.54, 1.807) is 12.1 Å². The molecule has 3 N–H and O–H groups in total. The first-order valence-electron chi connectivity index (χ1n) is 6.43. The Balaban J connectivity index is 2.67. The van der Waals surface area contributed by atoms with Crippen molar-refractivity contribution in [2.75, 3.05) is 0 Å². The average Bonchev–Trinajstić information content (AvgIpc) is 2.57. The molecule has 8 heteroatoms. The molecular weight excluding hydrogens is 302 g/mol. The van der Waals surface area contributed by atoms with Gasteiger partial charge in [-0.15, -0.1) is 5.11 Å². The summed E-state index contributed by atoms with van der Waals surface area (Å²) in [7, 11) is 0. The van der Waals surface area contributed by atoms with Gasteiger partial charge in [0.15, 0.2) is 0 Å². The molecule has 0 aliphatic carbocycles. The summed E-state index contributed by atoms with van der Waals surface area (Å²) in [6, 6.07) is 8.36. The fourth-order valence-corrected chi connectivity index (χ4v) is 2.63. The monoisotopic (exact) mass is 311 g/mol. The van der Waals surface area contributed by atoms with Crippen LogP contribution in [0.5, 0.6) is 11.5 Å². The Morgan fingerprint density at radius 1 is 1.04 bits per heavy atom. The third-order valence-corrected chi connectivity index (χ3v) is 3.62. The van der Waals surface area contributed by atoms with E-state index >= 15 is 0 Å². The minimum absolute atomic E-state index is 0.195. The number of carbonyl (C=O) groups excluding carboxylic acids is 1. The first-order valence-corrected chi connectivity index (χ1v) is 6.43. The number of nitrogens with zero attached hydrogens (tertiary/aromatic N) is 2. The number of rotatable bonds is 2. The van der Waals surface area contributed by atoms with E-state index in [2.05, 4.69) is 5.11 Å². The van der Waals surface area contributed by atoms with Gasteiger partial charge in [-0.05, 0) is 6.07 Å². The summed E-state index contributed by atoms with van der Waals surface area (Å²) in [5.41, 5.74) is 6.19. The Labute approximate surface area is 128 Å². The zero-order chi connectivity index (χ0) is 16.7. The molecule has 0 radical (unpaired) electrons. The van der Waals surface area contributed by atoms with Crippen LogP contribution in [0.15, 0.2) is 41.5 Å². The fraction of sp³-hybridized carbons (Fsp3) is 0. The second kappa shape index (κ2) is 5.02. The van der Waals surface area contributed by atoms with Crippen molar-refractivity contribution in [3.63, 3.8) is 0 Å². The van der Waals surface area contributed by atoms with E-state index in [9.17, 15) is 25.1 Å². The summed E-state index contributed by atoms with van der Waals surface area (Å²) in [4.78, 5) is 22.3. The molecule has 114 valence electrons. The SMILES string of the molecule is N=NC(=O)c1ccc([N+](=O)[O-])c2c(O)c3ccccc3c(O)c12. The summed E-state index contributed by atoms with van der Waals surface area (Å²) in [5, 5.41) is 34.9. The van der Waals surface area contributed by atoms with Crippen LogP contribution >= 0.6 is 0 Å². The number of carbonyl (C=O) groups is 1. The molecule has 3 aromatic rings. The van der Waals surface area contributed by atoms with E-state index in [1.807, 2.05) is 0 Å². The number of fused-ring (bicyclic) bond motifs is 2. The standard InChI is InChI=1S/C15H9N3O5/c16-17-15(21)9-5-6-10(18(22)23)12-11(9)13(19)7-3-1-2-4-8(7)14(12)20/h1-6,16,19-20H. The molecule has 0 aliphatic heterocycles. The highest BCUT2D eigenvalue weighted by molar-refractivity contribution is 6.20. The predicted octanol–water partition coefficient (Wildman–Crippen LogP) is 3.48. The Morgan fingerprint density at radius 3 is 2.13 bits per heavy atom. The van der Waals surface area contributed by atoms with Crippen molar-refractivity contribution in [3.05, 3.63) is 52.1 Å². The minimum atomic E-state index is -0.977. The highest BCUT2D eigenvalue weighted by atomic mass is 16.6. The van der Waals surface area contributed by atoms with Gasteiger partial charge in [0.25, 0.3) is 11.6 Å². The van der Waals surface area contributed by atoms with Crippen molar-refractivity contribution < 1.29 is 19.9 Å². The van der Waals surface area contributed by atoms with Gasteiger partial charge in [-0.3, -0.25) is 14.9 Å². The smallest absolute Gasteiger partial charge is 0.295 e. The predicted molar refractivity (Wildman–Crippen MR) is 80.9 cm³/mol. The quantitative estimate of drug-likeness (QED) is 0.219. The lowest BCUT2D eigenvalue weighted by molar-refractivity contribution is -0.383. The van der Waals surface area contributed by atoms with Crippen LogP contribution in [0.25, 0.3) is 21.5 Å². The average molecular weight is 311 g/mol. The Bertz CT molecular complexity index is 1010. The number of nitro groups is 1. The zero-order valence-electron chi connectivity index (χ0n) is 11.5. The van der Waals surface area contributed by atoms with E-state index in [0.29, 0.717) is 0 Å². The van der Waals surface area contributed by atoms with Crippen LogP contribution in [0, 0.1) is 15.6 Å². The van der Waals surface area contributed by atoms with E-state index in [1.165, 1.54) is 12.1 Å². The van der Waals surface area contributed by atoms with Crippen molar-refractivity contribution in [2.45, 2.75) is 0 Å². The molecule has 0 saturated carbocycles. The lowest BCUT2D eigenvalue weighted by Crippen LogP contribution is -1.99. The fourth-order valence-electron chi connectivity index (χ4n) is 2.63. The third kappa shape index (κ3) is 1.96. The topological polar surface area (TPSA) is 137 Å². The van der Waals surface area contributed by atoms with Gasteiger partial charge in [0.1, 0.15) is 16.9 Å². The number of hydrogen-bond acceptors (Lipinski definition) is 6. The highest BCUT2D eigenvalue weighted by Crippen LogP contribution is 2.46. The largest absolute Gasteiger partial charge is 0.507 e. The molecule has 0 saturated heterocycles. The molecule has 0 aliphatic rings. The molecule has 23 heavy (non-hydrogen) atoms. The number of nitrogens with one attached hydrogen (secondary N) is 1. The van der Waals surface area contributed by atoms with Gasteiger partial charge in [0.05, 0.1) is 10.5 Å². The Kier molecular flexibility index (Phi) is 3.14. The maximum absolute atomic E-state index is 11.8. The zero-order valence-corrected chi connectivity index (χ0v) is 11.5. The number of benzene rings is 3. The lowest BCUT2D eigenvalue weighted by atomic mass is 9.95. The van der Waals surface area contributed by atoms with Crippen LogP contribution in [0.3, 0.4) is 0 Å². The number of hydrogen-bond donors (Lipinski definition) is 3. The molecule has 0 bridgehead atoms. The number of nitro benzene ring substituents is 1. The van der Waals surface area contributed by atoms with Gasteiger partial charge in [0, 0.05) is 22.2 Å². The summed E-state index contributed by atoms with van der Waals surface area (Å²) >= 11 is 0. The summed E-state index contributed by atoms with van der Waals surface area (Å²) in [6.45, 7) is 0. The number of phenolic OH excluding ortho intramolecular Hbond substituents is 2. The summed E-state index contributed by atoms with van der Waals surface area (Å²) in [5.74, 6) is -1.78. The molecule has 0 heterocycles. The van der Waals surface area contributed by atoms with Crippen molar-refractivity contribution in [1.82, 2.24) is 0 Å². The third-order valence-electron chi connectivity index (χ3n) is 3.62. The molecule has 0 atom stereocenters. The molecule has 0 aromatic heterocycles. The van der Waals surface area contributed by atoms with E-state index < -0.39 is 22.3 Å². The molecule has 0 spiro atoms. The van der Waals surface area contributed by atoms with E-state index in [-0.39, 0.29) is 32.9 Å². The second-order valence-corrected chi connectivity index (χ2v) is 4.80. The molecule has 8 nitrogen and oxygen atoms in total. The van der Waals surface area contributed by atoms with Crippen molar-refractivity contribution in [2.24, 2.45) is 5.11 Å². The normalized spacial score (nSPS) is 10.8. The maximum atomic E-state index is 11.8. The van der Waals surface area contributed by atoms with Crippen LogP contribution in [0.2, 0.25) is 0 Å². The van der Waals surface area contributed by atoms with Crippen LogP contribution < -0.4 is 0 Å². The van der Waals surface area contributed by atoms with Gasteiger partial charge < -0.3 is 10.2 Å². The highest BCUT2D eigenvalue weighted by Gasteiger charge is 2.26. The van der Waals surface area contributed by atoms with Gasteiger partial charge in [0.2, 0.25) is 0 Å². The number of non-ortho nitro benzene ring substituents is 1. The van der Waals surface area contributed by atoms with E-state index in [0.717, 1.165) is 12.1 Å². The number of aromatic hydroxyl groups is 2. The van der Waals surface area contributed by atoms with Gasteiger partial charge >= 0.3 is 0 Å². The number of amides is 1. The van der Waals surface area contributed by atoms with Crippen LogP contribution in [-0.4, -0.2) is 21.0 Å². The van der Waals surface area contributed by atoms with E-state index in [4.69, 9.17) is 5.53 Å². The molecule has 3 rings (SSSR count). The Morgan fingerprint density at radius 2 is 1.61 bits per heavy atom. The van der Waals surface area contributed by atoms with Gasteiger partial charge in [-0.1, -0.05) is 24.3 Å². The Hall–Kier alpha value is -3.55. The van der Waals surface area contributed by atoms with Crippen LogP contribution in [0.4, 0.5) is 5.69 Å². The summed E-state index contributed by atoms with van der Waals surface area (Å²) in [6.07, 6.45) is 0. The van der Waals surface area contributed by atoms with Crippen molar-refractivity contribution in [3.8, 4) is 11.5 Å². The van der Waals surface area contributed by atoms with Crippen molar-refractivity contribution >= 4 is 33.1 Å². The van der Waals surface area contributed by atoms with Crippen LogP contribution in [-0.2, 0) is 0 Å². The number of phenols is 2.